The second kappa shape index (κ2) is 2.88. The molecule has 0 radical (unpaired) electrons. The maximum atomic E-state index is 5.48. The number of nitrogen functional groups attached to an aromatic ring is 2. The molecule has 11 heavy (non-hydrogen) atoms. The van der Waals surface area contributed by atoms with E-state index >= 15 is 0 Å². The Hall–Kier alpha value is -1.76. The third kappa shape index (κ3) is 1.58. The first-order valence-corrected chi connectivity index (χ1v) is 3.04. The Balaban J connectivity index is 3.01. The van der Waals surface area contributed by atoms with Crippen molar-refractivity contribution < 1.29 is 0 Å². The topological polar surface area (TPSA) is 77.8 Å². The Labute approximate surface area is 64.6 Å². The minimum absolute atomic E-state index is 0.170. The zero-order chi connectivity index (χ0) is 8.27. The van der Waals surface area contributed by atoms with Crippen molar-refractivity contribution in [2.45, 2.75) is 6.42 Å². The number of hydrogen-bond acceptors (Lipinski definition) is 4. The van der Waals surface area contributed by atoms with Gasteiger partial charge in [-0.05, 0) is 0 Å². The molecule has 56 valence electrons. The molecule has 0 saturated carbocycles. The van der Waals surface area contributed by atoms with E-state index in [1.807, 2.05) is 0 Å². The van der Waals surface area contributed by atoms with E-state index < -0.39 is 0 Å². The summed E-state index contributed by atoms with van der Waals surface area (Å²) < 4.78 is 0. The molecule has 1 rings (SSSR count). The lowest BCUT2D eigenvalue weighted by Crippen LogP contribution is -2.02. The summed E-state index contributed by atoms with van der Waals surface area (Å²) >= 11 is 0. The van der Waals surface area contributed by atoms with Gasteiger partial charge in [-0.2, -0.15) is 4.98 Å². The number of nitrogens with zero attached hydrogens (tertiary/aromatic N) is 2. The van der Waals surface area contributed by atoms with Crippen molar-refractivity contribution in [3.63, 3.8) is 0 Å². The van der Waals surface area contributed by atoms with Crippen LogP contribution in [0, 0.1) is 12.3 Å². The zero-order valence-corrected chi connectivity index (χ0v) is 5.91. The normalized spacial score (nSPS) is 9.00. The average molecular weight is 148 g/mol. The van der Waals surface area contributed by atoms with E-state index in [2.05, 4.69) is 15.9 Å². The summed E-state index contributed by atoms with van der Waals surface area (Å²) in [4.78, 5) is 7.49. The Morgan fingerprint density at radius 1 is 1.55 bits per heavy atom. The molecule has 0 aromatic carbocycles. The monoisotopic (exact) mass is 148 g/mol. The van der Waals surface area contributed by atoms with Crippen LogP contribution in [0.2, 0.25) is 0 Å². The van der Waals surface area contributed by atoms with Gasteiger partial charge in [0.25, 0.3) is 0 Å². The summed E-state index contributed by atoms with van der Waals surface area (Å²) in [6.45, 7) is 0. The predicted molar refractivity (Wildman–Crippen MR) is 43.4 cm³/mol. The first-order chi connectivity index (χ1) is 5.24. The Bertz CT molecular complexity index is 300. The van der Waals surface area contributed by atoms with Crippen LogP contribution in [-0.2, 0) is 6.42 Å². The summed E-state index contributed by atoms with van der Waals surface area (Å²) in [6, 6.07) is 0. The quantitative estimate of drug-likeness (QED) is 0.541. The van der Waals surface area contributed by atoms with Crippen molar-refractivity contribution in [3.05, 3.63) is 11.8 Å². The number of anilines is 2. The third-order valence-electron chi connectivity index (χ3n) is 1.21. The lowest BCUT2D eigenvalue weighted by atomic mass is 10.2. The molecule has 0 amide bonds. The summed E-state index contributed by atoms with van der Waals surface area (Å²) in [5.41, 5.74) is 11.5. The molecular formula is C7H8N4. The van der Waals surface area contributed by atoms with Crippen LogP contribution in [0.25, 0.3) is 0 Å². The molecule has 1 aromatic rings. The standard InChI is InChI=1S/C7H8N4/c1-2-3-5-4-10-7(9)11-6(5)8/h1,4H,3H2,(H4,8,9,10,11). The predicted octanol–water partition coefficient (Wildman–Crippen LogP) is -0.183. The molecule has 0 fully saturated rings. The fraction of sp³-hybridized carbons (Fsp3) is 0.143. The van der Waals surface area contributed by atoms with Crippen LogP contribution in [-0.4, -0.2) is 9.97 Å². The van der Waals surface area contributed by atoms with Crippen molar-refractivity contribution in [1.29, 1.82) is 0 Å². The third-order valence-corrected chi connectivity index (χ3v) is 1.21. The SMILES string of the molecule is C#CCc1cnc(N)nc1N. The lowest BCUT2D eigenvalue weighted by Gasteiger charge is -1.99. The molecule has 4 heteroatoms. The number of terminal acetylenes is 1. The van der Waals surface area contributed by atoms with Crippen LogP contribution in [0.3, 0.4) is 0 Å². The van der Waals surface area contributed by atoms with Gasteiger partial charge in [0.1, 0.15) is 5.82 Å². The van der Waals surface area contributed by atoms with Gasteiger partial charge in [-0.25, -0.2) is 4.98 Å². The zero-order valence-electron chi connectivity index (χ0n) is 5.91. The molecule has 1 heterocycles. The van der Waals surface area contributed by atoms with Gasteiger partial charge < -0.3 is 11.5 Å². The summed E-state index contributed by atoms with van der Waals surface area (Å²) in [5, 5.41) is 0. The highest BCUT2D eigenvalue weighted by molar-refractivity contribution is 5.42. The number of rotatable bonds is 1. The molecule has 0 bridgehead atoms. The molecule has 0 aliphatic heterocycles. The number of aromatic nitrogens is 2. The van der Waals surface area contributed by atoms with Crippen LogP contribution in [0.1, 0.15) is 5.56 Å². The molecule has 0 unspecified atom stereocenters. The highest BCUT2D eigenvalue weighted by atomic mass is 15.0. The summed E-state index contributed by atoms with van der Waals surface area (Å²) in [7, 11) is 0. The maximum Gasteiger partial charge on any atom is 0.221 e. The number of nitrogens with two attached hydrogens (primary N) is 2. The molecule has 1 aromatic heterocycles. The van der Waals surface area contributed by atoms with E-state index in [0.29, 0.717) is 12.2 Å². The highest BCUT2D eigenvalue weighted by Gasteiger charge is 1.98. The molecule has 0 aliphatic rings. The fourth-order valence-corrected chi connectivity index (χ4v) is 0.680. The van der Waals surface area contributed by atoms with Gasteiger partial charge in [-0.3, -0.25) is 0 Å². The van der Waals surface area contributed by atoms with E-state index in [1.165, 1.54) is 6.20 Å². The van der Waals surface area contributed by atoms with Gasteiger partial charge >= 0.3 is 0 Å². The molecule has 0 saturated heterocycles. The van der Waals surface area contributed by atoms with Gasteiger partial charge in [0.15, 0.2) is 0 Å². The molecule has 0 atom stereocenters. The smallest absolute Gasteiger partial charge is 0.221 e. The van der Waals surface area contributed by atoms with Gasteiger partial charge in [-0.15, -0.1) is 12.3 Å². The summed E-state index contributed by atoms with van der Waals surface area (Å²) in [5.74, 6) is 2.97. The van der Waals surface area contributed by atoms with Gasteiger partial charge in [0, 0.05) is 18.2 Å². The van der Waals surface area contributed by atoms with Gasteiger partial charge in [0.05, 0.1) is 0 Å². The first-order valence-electron chi connectivity index (χ1n) is 3.04. The second-order valence-electron chi connectivity index (χ2n) is 2.02. The minimum Gasteiger partial charge on any atom is -0.383 e. The maximum absolute atomic E-state index is 5.48. The van der Waals surface area contributed by atoms with E-state index in [0.717, 1.165) is 5.56 Å². The lowest BCUT2D eigenvalue weighted by molar-refractivity contribution is 1.13. The summed E-state index contributed by atoms with van der Waals surface area (Å²) in [6.07, 6.45) is 7.05. The average Bonchev–Trinajstić information content (AvgIpc) is 1.95. The molecule has 4 nitrogen and oxygen atoms in total. The molecular weight excluding hydrogens is 140 g/mol. The van der Waals surface area contributed by atoms with Crippen molar-refractivity contribution in [3.8, 4) is 12.3 Å². The van der Waals surface area contributed by atoms with Crippen molar-refractivity contribution >= 4 is 11.8 Å². The molecule has 0 spiro atoms. The molecule has 0 aliphatic carbocycles. The Morgan fingerprint density at radius 3 is 2.82 bits per heavy atom. The van der Waals surface area contributed by atoms with Crippen molar-refractivity contribution in [2.75, 3.05) is 11.5 Å². The van der Waals surface area contributed by atoms with Crippen LogP contribution in [0.4, 0.5) is 11.8 Å². The minimum atomic E-state index is 0.170. The Kier molecular flexibility index (Phi) is 1.93. The van der Waals surface area contributed by atoms with E-state index in [9.17, 15) is 0 Å². The van der Waals surface area contributed by atoms with Crippen LogP contribution in [0.5, 0.6) is 0 Å². The van der Waals surface area contributed by atoms with Crippen LogP contribution >= 0.6 is 0 Å². The van der Waals surface area contributed by atoms with Gasteiger partial charge in [-0.1, -0.05) is 0 Å². The van der Waals surface area contributed by atoms with Crippen LogP contribution in [0.15, 0.2) is 6.20 Å². The number of hydrogen-bond donors (Lipinski definition) is 2. The molecule has 4 N–H and O–H groups in total. The van der Waals surface area contributed by atoms with Crippen molar-refractivity contribution in [1.82, 2.24) is 9.97 Å². The van der Waals surface area contributed by atoms with Gasteiger partial charge in [0.2, 0.25) is 5.95 Å². The fourth-order valence-electron chi connectivity index (χ4n) is 0.680. The highest BCUT2D eigenvalue weighted by Crippen LogP contribution is 2.07. The largest absolute Gasteiger partial charge is 0.383 e. The van der Waals surface area contributed by atoms with E-state index in [1.54, 1.807) is 0 Å². The second-order valence-corrected chi connectivity index (χ2v) is 2.02. The van der Waals surface area contributed by atoms with Crippen LogP contribution < -0.4 is 11.5 Å². The van der Waals surface area contributed by atoms with E-state index in [4.69, 9.17) is 17.9 Å². The van der Waals surface area contributed by atoms with Crippen molar-refractivity contribution in [2.24, 2.45) is 0 Å². The van der Waals surface area contributed by atoms with E-state index in [-0.39, 0.29) is 5.95 Å². The Morgan fingerprint density at radius 2 is 2.27 bits per heavy atom. The first kappa shape index (κ1) is 7.35.